The van der Waals surface area contributed by atoms with Gasteiger partial charge in [0.1, 0.15) is 5.56 Å². The van der Waals surface area contributed by atoms with E-state index in [1.807, 2.05) is 98.1 Å². The number of aryl methyl sites for hydroxylation is 2. The van der Waals surface area contributed by atoms with Crippen molar-refractivity contribution in [2.24, 2.45) is 0 Å². The van der Waals surface area contributed by atoms with Crippen molar-refractivity contribution < 1.29 is 4.79 Å². The van der Waals surface area contributed by atoms with Gasteiger partial charge in [0.25, 0.3) is 5.91 Å². The molecule has 0 atom stereocenters. The van der Waals surface area contributed by atoms with E-state index in [9.17, 15) is 9.59 Å². The number of rotatable bonds is 5. The number of nitrogens with one attached hydrogen (secondary N) is 1. The lowest BCUT2D eigenvalue weighted by Crippen LogP contribution is -2.27. The van der Waals surface area contributed by atoms with Gasteiger partial charge < -0.3 is 9.88 Å². The van der Waals surface area contributed by atoms with Gasteiger partial charge in [0.2, 0.25) is 0 Å². The van der Waals surface area contributed by atoms with Crippen LogP contribution < -0.4 is 10.7 Å². The number of hydrogen-bond acceptors (Lipinski definition) is 2. The number of halogens is 1. The van der Waals surface area contributed by atoms with Gasteiger partial charge in [-0.2, -0.15) is 0 Å². The Morgan fingerprint density at radius 2 is 1.61 bits per heavy atom. The second-order valence-corrected chi connectivity index (χ2v) is 8.59. The molecule has 0 fully saturated rings. The highest BCUT2D eigenvalue weighted by Crippen LogP contribution is 2.26. The maximum Gasteiger partial charge on any atom is 0.261 e. The van der Waals surface area contributed by atoms with E-state index in [1.54, 1.807) is 0 Å². The molecule has 0 saturated carbocycles. The van der Waals surface area contributed by atoms with Gasteiger partial charge in [-0.15, -0.1) is 0 Å². The first-order chi connectivity index (χ1) is 15.8. The van der Waals surface area contributed by atoms with E-state index < -0.39 is 5.91 Å². The number of benzene rings is 3. The van der Waals surface area contributed by atoms with Crippen LogP contribution >= 0.6 is 11.6 Å². The van der Waals surface area contributed by atoms with Crippen LogP contribution in [-0.2, 0) is 6.54 Å². The fourth-order valence-corrected chi connectivity index (χ4v) is 4.06. The predicted molar refractivity (Wildman–Crippen MR) is 135 cm³/mol. The number of carbonyl (C=O) groups excluding carboxylic acids is 1. The Balaban J connectivity index is 1.89. The predicted octanol–water partition coefficient (Wildman–Crippen LogP) is 6.39. The highest BCUT2D eigenvalue weighted by molar-refractivity contribution is 6.30. The van der Waals surface area contributed by atoms with Crippen molar-refractivity contribution in [3.8, 4) is 11.3 Å². The van der Waals surface area contributed by atoms with E-state index in [1.165, 1.54) is 6.07 Å². The molecule has 0 aliphatic rings. The molecule has 0 saturated heterocycles. The quantitative estimate of drug-likeness (QED) is 0.378. The average molecular weight is 457 g/mol. The first kappa shape index (κ1) is 22.6. The minimum Gasteiger partial charge on any atom is -0.340 e. The maximum absolute atomic E-state index is 13.5. The summed E-state index contributed by atoms with van der Waals surface area (Å²) in [6.45, 7) is 6.33. The lowest BCUT2D eigenvalue weighted by Gasteiger charge is -2.21. The number of pyridine rings is 1. The van der Waals surface area contributed by atoms with Crippen LogP contribution in [0.4, 0.5) is 5.69 Å². The summed E-state index contributed by atoms with van der Waals surface area (Å²) in [5.41, 5.74) is 5.75. The lowest BCUT2D eigenvalue weighted by molar-refractivity contribution is 0.102. The van der Waals surface area contributed by atoms with Crippen LogP contribution in [0.3, 0.4) is 0 Å². The molecule has 1 heterocycles. The van der Waals surface area contributed by atoms with Gasteiger partial charge in [0, 0.05) is 29.0 Å². The molecule has 0 radical (unpaired) electrons. The second kappa shape index (κ2) is 9.47. The molecule has 0 aliphatic carbocycles. The van der Waals surface area contributed by atoms with Gasteiger partial charge in [-0.25, -0.2) is 0 Å². The summed E-state index contributed by atoms with van der Waals surface area (Å²) < 4.78 is 2.01. The number of hydrogen-bond donors (Lipinski definition) is 1. The molecule has 1 N–H and O–H groups in total. The Bertz CT molecular complexity index is 1370. The second-order valence-electron chi connectivity index (χ2n) is 8.15. The van der Waals surface area contributed by atoms with E-state index in [4.69, 9.17) is 11.6 Å². The molecule has 33 heavy (non-hydrogen) atoms. The lowest BCUT2D eigenvalue weighted by atomic mass is 10.0. The molecule has 0 spiro atoms. The molecule has 0 bridgehead atoms. The van der Waals surface area contributed by atoms with Crippen LogP contribution in [0.15, 0.2) is 83.7 Å². The third-order valence-corrected chi connectivity index (χ3v) is 6.15. The number of aromatic nitrogens is 1. The van der Waals surface area contributed by atoms with Crippen LogP contribution in [0.5, 0.6) is 0 Å². The summed E-state index contributed by atoms with van der Waals surface area (Å²) in [6, 6.07) is 24.4. The Morgan fingerprint density at radius 1 is 0.909 bits per heavy atom. The molecule has 4 aromatic rings. The number of carbonyl (C=O) groups is 1. The van der Waals surface area contributed by atoms with E-state index in [0.717, 1.165) is 27.9 Å². The molecule has 1 amide bonds. The van der Waals surface area contributed by atoms with Gasteiger partial charge in [-0.05, 0) is 61.2 Å². The van der Waals surface area contributed by atoms with Crippen molar-refractivity contribution in [2.45, 2.75) is 27.3 Å². The maximum atomic E-state index is 13.5. The molecule has 4 rings (SSSR count). The highest BCUT2D eigenvalue weighted by Gasteiger charge is 2.22. The SMILES string of the molecule is Cc1cccc(NC(=O)c2c(-c3ccccc3)n(Cc3ccc(Cl)cc3)c(C)cc2=O)c1C. The minimum absolute atomic E-state index is 0.127. The molecular formula is C28H25ClN2O2. The summed E-state index contributed by atoms with van der Waals surface area (Å²) in [5.74, 6) is -0.419. The van der Waals surface area contributed by atoms with Crippen LogP contribution in [0.25, 0.3) is 11.3 Å². The third kappa shape index (κ3) is 4.76. The average Bonchev–Trinajstić information content (AvgIpc) is 2.80. The van der Waals surface area contributed by atoms with Gasteiger partial charge in [-0.1, -0.05) is 66.2 Å². The summed E-state index contributed by atoms with van der Waals surface area (Å²) in [7, 11) is 0. The Morgan fingerprint density at radius 3 is 2.30 bits per heavy atom. The molecule has 166 valence electrons. The van der Waals surface area contributed by atoms with Crippen LogP contribution in [0.1, 0.15) is 32.7 Å². The van der Waals surface area contributed by atoms with Crippen molar-refractivity contribution in [1.29, 1.82) is 0 Å². The Hall–Kier alpha value is -3.63. The van der Waals surface area contributed by atoms with E-state index in [0.29, 0.717) is 22.9 Å². The molecule has 3 aromatic carbocycles. The summed E-state index contributed by atoms with van der Waals surface area (Å²) >= 11 is 6.06. The van der Waals surface area contributed by atoms with Crippen molar-refractivity contribution in [2.75, 3.05) is 5.32 Å². The molecular weight excluding hydrogens is 432 g/mol. The number of amides is 1. The van der Waals surface area contributed by atoms with Gasteiger partial charge in [-0.3, -0.25) is 9.59 Å². The van der Waals surface area contributed by atoms with Crippen LogP contribution in [-0.4, -0.2) is 10.5 Å². The molecule has 4 nitrogen and oxygen atoms in total. The smallest absolute Gasteiger partial charge is 0.261 e. The van der Waals surface area contributed by atoms with Crippen LogP contribution in [0, 0.1) is 20.8 Å². The van der Waals surface area contributed by atoms with E-state index in [2.05, 4.69) is 5.32 Å². The summed E-state index contributed by atoms with van der Waals surface area (Å²) in [6.07, 6.45) is 0. The Labute approximate surface area is 198 Å². The summed E-state index contributed by atoms with van der Waals surface area (Å²) in [5, 5.41) is 3.63. The van der Waals surface area contributed by atoms with Crippen molar-refractivity contribution in [3.05, 3.63) is 122 Å². The highest BCUT2D eigenvalue weighted by atomic mass is 35.5. The van der Waals surface area contributed by atoms with Crippen molar-refractivity contribution in [1.82, 2.24) is 4.57 Å². The zero-order chi connectivity index (χ0) is 23.5. The topological polar surface area (TPSA) is 51.1 Å². The largest absolute Gasteiger partial charge is 0.340 e. The third-order valence-electron chi connectivity index (χ3n) is 5.90. The standard InChI is InChI=1S/C28H25ClN2O2/c1-18-8-7-11-24(20(18)3)30-28(33)26-25(32)16-19(2)31(17-21-12-14-23(29)15-13-21)27(26)22-9-5-4-6-10-22/h4-16H,17H2,1-3H3,(H,30,33). The zero-order valence-corrected chi connectivity index (χ0v) is 19.6. The van der Waals surface area contributed by atoms with Crippen LogP contribution in [0.2, 0.25) is 5.02 Å². The van der Waals surface area contributed by atoms with Gasteiger partial charge >= 0.3 is 0 Å². The van der Waals surface area contributed by atoms with E-state index in [-0.39, 0.29) is 11.0 Å². The fourth-order valence-electron chi connectivity index (χ4n) is 3.93. The first-order valence-electron chi connectivity index (χ1n) is 10.8. The zero-order valence-electron chi connectivity index (χ0n) is 18.9. The van der Waals surface area contributed by atoms with Gasteiger partial charge in [0.05, 0.1) is 5.69 Å². The van der Waals surface area contributed by atoms with E-state index >= 15 is 0 Å². The first-order valence-corrected chi connectivity index (χ1v) is 11.1. The van der Waals surface area contributed by atoms with Gasteiger partial charge in [0.15, 0.2) is 5.43 Å². The minimum atomic E-state index is -0.419. The molecule has 5 heteroatoms. The Kier molecular flexibility index (Phi) is 6.47. The van der Waals surface area contributed by atoms with Crippen molar-refractivity contribution >= 4 is 23.2 Å². The summed E-state index contributed by atoms with van der Waals surface area (Å²) in [4.78, 5) is 26.7. The molecule has 0 unspecified atom stereocenters. The molecule has 1 aromatic heterocycles. The number of anilines is 1. The molecule has 0 aliphatic heterocycles. The monoisotopic (exact) mass is 456 g/mol. The van der Waals surface area contributed by atoms with Crippen molar-refractivity contribution in [3.63, 3.8) is 0 Å². The number of nitrogens with zero attached hydrogens (tertiary/aromatic N) is 1. The fraction of sp³-hybridized carbons (Fsp3) is 0.143. The normalized spacial score (nSPS) is 10.8.